The molecule has 11 atom stereocenters. The summed E-state index contributed by atoms with van der Waals surface area (Å²) in [5, 5.41) is 47.8. The Balaban J connectivity index is 1.59. The number of furan rings is 1. The van der Waals surface area contributed by atoms with Crippen LogP contribution in [0.2, 0.25) is 0 Å². The van der Waals surface area contributed by atoms with Gasteiger partial charge in [-0.25, -0.2) is 9.59 Å². The molecule has 2 bridgehead atoms. The smallest absolute Gasteiger partial charge is 0.335 e. The van der Waals surface area contributed by atoms with E-state index in [1.807, 2.05) is 6.92 Å². The molecule has 37 heavy (non-hydrogen) atoms. The van der Waals surface area contributed by atoms with Crippen LogP contribution in [0, 0.1) is 34.0 Å². The Morgan fingerprint density at radius 3 is 2.51 bits per heavy atom. The highest BCUT2D eigenvalue weighted by molar-refractivity contribution is 5.94. The van der Waals surface area contributed by atoms with Gasteiger partial charge in [-0.3, -0.25) is 4.79 Å². The lowest BCUT2D eigenvalue weighted by atomic mass is 9.49. The van der Waals surface area contributed by atoms with Crippen LogP contribution in [0.15, 0.2) is 34.7 Å². The van der Waals surface area contributed by atoms with Crippen molar-refractivity contribution < 1.29 is 48.7 Å². The van der Waals surface area contributed by atoms with E-state index in [1.54, 1.807) is 19.9 Å². The van der Waals surface area contributed by atoms with Crippen molar-refractivity contribution in [1.82, 2.24) is 0 Å². The van der Waals surface area contributed by atoms with E-state index in [4.69, 9.17) is 13.9 Å². The maximum atomic E-state index is 13.7. The number of Topliss-reactive ketones (excluding diaryl/α,β-unsaturated/α-hetero) is 1. The number of methoxy groups -OCH3 is 1. The minimum absolute atomic E-state index is 0.159. The molecule has 0 aromatic carbocycles. The van der Waals surface area contributed by atoms with E-state index in [1.165, 1.54) is 18.6 Å². The Kier molecular flexibility index (Phi) is 4.76. The second kappa shape index (κ2) is 7.11. The molecule has 10 nitrogen and oxygen atoms in total. The number of aliphatic hydroxyl groups excluding tert-OH is 2. The summed E-state index contributed by atoms with van der Waals surface area (Å²) in [6.07, 6.45) is 0.351. The summed E-state index contributed by atoms with van der Waals surface area (Å²) in [7, 11) is 1.12. The number of cyclic esters (lactones) is 1. The predicted octanol–water partition coefficient (Wildman–Crippen LogP) is 0.822. The number of carbonyl (C=O) groups is 3. The number of hydrogen-bond acceptors (Lipinski definition) is 10. The number of hydrogen-bond donors (Lipinski definition) is 4. The van der Waals surface area contributed by atoms with Crippen LogP contribution in [-0.4, -0.2) is 68.7 Å². The first-order valence-electron chi connectivity index (χ1n) is 12.6. The summed E-state index contributed by atoms with van der Waals surface area (Å²) in [6.45, 7) is 5.07. The first-order valence-corrected chi connectivity index (χ1v) is 12.6. The van der Waals surface area contributed by atoms with Gasteiger partial charge in [0, 0.05) is 39.7 Å². The zero-order valence-electron chi connectivity index (χ0n) is 21.1. The molecule has 0 amide bonds. The quantitative estimate of drug-likeness (QED) is 0.423. The van der Waals surface area contributed by atoms with Gasteiger partial charge in [0.25, 0.3) is 0 Å². The first kappa shape index (κ1) is 24.8. The molecule has 0 spiro atoms. The normalized spacial score (nSPS) is 50.6. The number of carbonyl (C=O) groups excluding carboxylic acids is 3. The van der Waals surface area contributed by atoms with Crippen molar-refractivity contribution in [2.75, 3.05) is 7.11 Å². The zero-order chi connectivity index (χ0) is 26.9. The molecule has 0 unspecified atom stereocenters. The zero-order valence-corrected chi connectivity index (χ0v) is 21.1. The van der Waals surface area contributed by atoms with Gasteiger partial charge in [0.2, 0.25) is 0 Å². The first-order chi connectivity index (χ1) is 17.2. The van der Waals surface area contributed by atoms with Gasteiger partial charge in [0.15, 0.2) is 11.9 Å². The highest BCUT2D eigenvalue weighted by Crippen LogP contribution is 2.80. The fraction of sp³-hybridized carbons (Fsp3) is 0.667. The van der Waals surface area contributed by atoms with E-state index >= 15 is 0 Å². The van der Waals surface area contributed by atoms with Gasteiger partial charge in [-0.1, -0.05) is 20.8 Å². The molecule has 10 heteroatoms. The third-order valence-electron chi connectivity index (χ3n) is 11.0. The third-order valence-corrected chi connectivity index (χ3v) is 11.0. The molecule has 1 aromatic rings. The molecule has 5 aliphatic rings. The fourth-order valence-electron chi connectivity index (χ4n) is 9.68. The Labute approximate surface area is 213 Å². The molecule has 4 fully saturated rings. The number of rotatable bonds is 3. The van der Waals surface area contributed by atoms with Gasteiger partial charge >= 0.3 is 11.9 Å². The molecule has 200 valence electrons. The van der Waals surface area contributed by atoms with Crippen LogP contribution in [0.5, 0.6) is 0 Å². The maximum absolute atomic E-state index is 13.7. The summed E-state index contributed by atoms with van der Waals surface area (Å²) in [5.74, 6) is -5.64. The van der Waals surface area contributed by atoms with E-state index in [9.17, 15) is 34.8 Å². The highest BCUT2D eigenvalue weighted by atomic mass is 16.5. The molecule has 2 heterocycles. The van der Waals surface area contributed by atoms with Gasteiger partial charge in [0.05, 0.1) is 36.8 Å². The van der Waals surface area contributed by atoms with Crippen LogP contribution in [-0.2, 0) is 23.9 Å². The second-order valence-corrected chi connectivity index (χ2v) is 12.3. The topological polar surface area (TPSA) is 164 Å². The molecule has 0 saturated heterocycles. The molecule has 4 N–H and O–H groups in total. The number of ether oxygens (including phenoxy) is 2. The van der Waals surface area contributed by atoms with Crippen molar-refractivity contribution in [2.45, 2.75) is 69.5 Å². The van der Waals surface area contributed by atoms with Crippen LogP contribution in [0.3, 0.4) is 0 Å². The minimum atomic E-state index is -2.00. The Morgan fingerprint density at radius 2 is 1.89 bits per heavy atom. The van der Waals surface area contributed by atoms with E-state index in [-0.39, 0.29) is 12.0 Å². The van der Waals surface area contributed by atoms with Gasteiger partial charge in [-0.15, -0.1) is 0 Å². The van der Waals surface area contributed by atoms with Crippen molar-refractivity contribution in [3.8, 4) is 0 Å². The molecule has 1 aliphatic heterocycles. The Hall–Kier alpha value is -2.53. The third kappa shape index (κ3) is 2.49. The van der Waals surface area contributed by atoms with Gasteiger partial charge < -0.3 is 34.3 Å². The van der Waals surface area contributed by atoms with Crippen LogP contribution in [0.25, 0.3) is 0 Å². The Bertz CT molecular complexity index is 1240. The second-order valence-electron chi connectivity index (χ2n) is 12.3. The average Bonchev–Trinajstić information content (AvgIpc) is 3.45. The lowest BCUT2D eigenvalue weighted by molar-refractivity contribution is -0.190. The van der Waals surface area contributed by atoms with E-state index < -0.39 is 81.2 Å². The summed E-state index contributed by atoms with van der Waals surface area (Å²) < 4.78 is 15.7. The van der Waals surface area contributed by atoms with E-state index in [2.05, 4.69) is 0 Å². The largest absolute Gasteiger partial charge is 0.472 e. The number of esters is 2. The van der Waals surface area contributed by atoms with Crippen molar-refractivity contribution in [3.63, 3.8) is 0 Å². The van der Waals surface area contributed by atoms with Crippen LogP contribution in [0.4, 0.5) is 0 Å². The molecular weight excluding hydrogens is 484 g/mol. The summed E-state index contributed by atoms with van der Waals surface area (Å²) in [5.41, 5.74) is -6.71. The van der Waals surface area contributed by atoms with E-state index in [0.717, 1.165) is 7.11 Å². The van der Waals surface area contributed by atoms with Crippen molar-refractivity contribution in [1.29, 1.82) is 0 Å². The maximum Gasteiger partial charge on any atom is 0.335 e. The SMILES string of the molecule is COC(=O)[C@H](O)[C@@H]1[C@@]2(C)[C@H]3CC[C@]4(C)C(=CC(=O)O[C@H]4c4ccoc4)[C@]3(O)[C@H]3[C@@H](O)C(=O)[C@]1(C)C[C@]32O. The number of ketones is 1. The monoisotopic (exact) mass is 516 g/mol. The standard InChI is InChI=1S/C27H32O10/c1-23-7-5-13-25(3)18(17(30)22(32)35-4)24(2)11-26(25,33)19(16(29)20(24)31)27(13,34)14(23)9-15(28)37-21(23)12-6-8-36-10-12/h6,8-10,13,16-19,21,29-30,33-34H,5,7,11H2,1-4H3/t13-,16-,17-,18+,19+,21+,23-,24-,25-,26+,27+/m1/s1. The molecular formula is C27H32O10. The van der Waals surface area contributed by atoms with E-state index in [0.29, 0.717) is 18.4 Å². The number of aliphatic hydroxyl groups is 4. The molecule has 1 aromatic heterocycles. The van der Waals surface area contributed by atoms with Crippen molar-refractivity contribution in [2.24, 2.45) is 34.0 Å². The highest BCUT2D eigenvalue weighted by Gasteiger charge is 2.88. The van der Waals surface area contributed by atoms with Gasteiger partial charge in [-0.2, -0.15) is 0 Å². The molecule has 0 radical (unpaired) electrons. The summed E-state index contributed by atoms with van der Waals surface area (Å²) in [6, 6.07) is 1.67. The van der Waals surface area contributed by atoms with Crippen LogP contribution in [0.1, 0.15) is 51.7 Å². The van der Waals surface area contributed by atoms with Crippen molar-refractivity contribution in [3.05, 3.63) is 35.8 Å². The lowest BCUT2D eigenvalue weighted by Gasteiger charge is -2.58. The van der Waals surface area contributed by atoms with Crippen molar-refractivity contribution >= 4 is 17.7 Å². The molecule has 6 rings (SSSR count). The minimum Gasteiger partial charge on any atom is -0.472 e. The molecule has 4 saturated carbocycles. The van der Waals surface area contributed by atoms with Gasteiger partial charge in [-0.05, 0) is 30.9 Å². The van der Waals surface area contributed by atoms with Crippen LogP contribution < -0.4 is 0 Å². The Morgan fingerprint density at radius 1 is 1.19 bits per heavy atom. The molecule has 4 aliphatic carbocycles. The van der Waals surface area contributed by atoms with Crippen LogP contribution >= 0.6 is 0 Å². The predicted molar refractivity (Wildman–Crippen MR) is 123 cm³/mol. The number of fused-ring (bicyclic) bond motifs is 6. The summed E-state index contributed by atoms with van der Waals surface area (Å²) in [4.78, 5) is 39.2. The fourth-order valence-corrected chi connectivity index (χ4v) is 9.68. The lowest BCUT2D eigenvalue weighted by Crippen LogP contribution is -2.65. The average molecular weight is 517 g/mol. The summed E-state index contributed by atoms with van der Waals surface area (Å²) >= 11 is 0. The van der Waals surface area contributed by atoms with Gasteiger partial charge in [0.1, 0.15) is 12.2 Å².